The Bertz CT molecular complexity index is 1140. The first-order valence-electron chi connectivity index (χ1n) is 7.94. The van der Waals surface area contributed by atoms with Gasteiger partial charge in [-0.25, -0.2) is 4.98 Å². The fourth-order valence-corrected chi connectivity index (χ4v) is 2.99. The average molecular weight is 364 g/mol. The van der Waals surface area contributed by atoms with Crippen LogP contribution in [0.3, 0.4) is 0 Å². The molecular weight excluding hydrogens is 350 g/mol. The number of ether oxygens (including phenoxy) is 1. The van der Waals surface area contributed by atoms with E-state index in [4.69, 9.17) is 21.3 Å². The molecule has 0 spiro atoms. The molecule has 0 saturated carbocycles. The number of aromatic nitrogens is 3. The number of pyridine rings is 1. The molecule has 4 rings (SSSR count). The quantitative estimate of drug-likeness (QED) is 0.549. The number of rotatable bonds is 3. The third-order valence-corrected chi connectivity index (χ3v) is 4.32. The molecule has 6 heteroatoms. The highest BCUT2D eigenvalue weighted by atomic mass is 35.5. The topological polar surface area (TPSA) is 57.0 Å². The summed E-state index contributed by atoms with van der Waals surface area (Å²) in [6.07, 6.45) is 3.29. The highest BCUT2D eigenvalue weighted by molar-refractivity contribution is 6.31. The van der Waals surface area contributed by atoms with Crippen molar-refractivity contribution in [2.45, 2.75) is 0 Å². The van der Waals surface area contributed by atoms with E-state index in [1.807, 2.05) is 30.3 Å². The molecule has 128 valence electrons. The minimum absolute atomic E-state index is 0.198. The Morgan fingerprint density at radius 3 is 2.58 bits per heavy atom. The van der Waals surface area contributed by atoms with Gasteiger partial charge in [0.25, 0.3) is 5.56 Å². The van der Waals surface area contributed by atoms with Crippen molar-refractivity contribution in [3.8, 4) is 22.8 Å². The van der Waals surface area contributed by atoms with Gasteiger partial charge in [0.15, 0.2) is 0 Å². The molecule has 0 N–H and O–H groups in total. The SMILES string of the molecule is COc1ccc(-c2nc3ccc(Cl)cc3c(=O)n2-c2cccnc2)cc1. The van der Waals surface area contributed by atoms with Crippen molar-refractivity contribution in [3.63, 3.8) is 0 Å². The minimum atomic E-state index is -0.198. The Labute approximate surface area is 154 Å². The smallest absolute Gasteiger partial charge is 0.266 e. The fourth-order valence-electron chi connectivity index (χ4n) is 2.82. The zero-order valence-corrected chi connectivity index (χ0v) is 14.6. The molecule has 2 heterocycles. The molecule has 2 aromatic heterocycles. The van der Waals surface area contributed by atoms with E-state index >= 15 is 0 Å². The second-order valence-electron chi connectivity index (χ2n) is 5.68. The lowest BCUT2D eigenvalue weighted by Crippen LogP contribution is -2.22. The lowest BCUT2D eigenvalue weighted by molar-refractivity contribution is 0.415. The molecule has 5 nitrogen and oxygen atoms in total. The lowest BCUT2D eigenvalue weighted by Gasteiger charge is -2.14. The van der Waals surface area contributed by atoms with Crippen LogP contribution in [0.25, 0.3) is 28.0 Å². The van der Waals surface area contributed by atoms with E-state index in [-0.39, 0.29) is 5.56 Å². The molecule has 0 aliphatic carbocycles. The predicted molar refractivity (Wildman–Crippen MR) is 102 cm³/mol. The monoisotopic (exact) mass is 363 g/mol. The number of benzene rings is 2. The molecule has 0 amide bonds. The number of methoxy groups -OCH3 is 1. The molecular formula is C20H14ClN3O2. The summed E-state index contributed by atoms with van der Waals surface area (Å²) >= 11 is 6.08. The van der Waals surface area contributed by atoms with Crippen molar-refractivity contribution in [2.75, 3.05) is 7.11 Å². The van der Waals surface area contributed by atoms with Crippen LogP contribution in [-0.2, 0) is 0 Å². The summed E-state index contributed by atoms with van der Waals surface area (Å²) in [5, 5.41) is 0.949. The Balaban J connectivity index is 2.07. The van der Waals surface area contributed by atoms with Crippen molar-refractivity contribution in [2.24, 2.45) is 0 Å². The Morgan fingerprint density at radius 2 is 1.88 bits per heavy atom. The summed E-state index contributed by atoms with van der Waals surface area (Å²) in [7, 11) is 1.61. The maximum atomic E-state index is 13.2. The van der Waals surface area contributed by atoms with Gasteiger partial charge in [-0.1, -0.05) is 11.6 Å². The zero-order valence-electron chi connectivity index (χ0n) is 13.9. The van der Waals surface area contributed by atoms with Crippen molar-refractivity contribution in [1.29, 1.82) is 0 Å². The van der Waals surface area contributed by atoms with E-state index in [1.54, 1.807) is 48.3 Å². The number of hydrogen-bond donors (Lipinski definition) is 0. The van der Waals surface area contributed by atoms with E-state index in [0.29, 0.717) is 27.4 Å². The van der Waals surface area contributed by atoms with Gasteiger partial charge in [-0.2, -0.15) is 0 Å². The number of hydrogen-bond acceptors (Lipinski definition) is 4. The summed E-state index contributed by atoms with van der Waals surface area (Å²) in [4.78, 5) is 22.1. The average Bonchev–Trinajstić information content (AvgIpc) is 2.69. The summed E-state index contributed by atoms with van der Waals surface area (Å²) in [5.41, 5.74) is 1.82. The second-order valence-corrected chi connectivity index (χ2v) is 6.11. The van der Waals surface area contributed by atoms with E-state index in [1.165, 1.54) is 0 Å². The molecule has 0 aliphatic rings. The molecule has 4 aromatic rings. The van der Waals surface area contributed by atoms with E-state index in [2.05, 4.69) is 4.98 Å². The van der Waals surface area contributed by atoms with Crippen LogP contribution < -0.4 is 10.3 Å². The third-order valence-electron chi connectivity index (χ3n) is 4.08. The summed E-state index contributed by atoms with van der Waals surface area (Å²) in [5.74, 6) is 1.26. The number of nitrogens with zero attached hydrogens (tertiary/aromatic N) is 3. The van der Waals surface area contributed by atoms with Crippen LogP contribution in [0.5, 0.6) is 5.75 Å². The van der Waals surface area contributed by atoms with E-state index in [0.717, 1.165) is 11.3 Å². The lowest BCUT2D eigenvalue weighted by atomic mass is 10.1. The van der Waals surface area contributed by atoms with Crippen molar-refractivity contribution >= 4 is 22.5 Å². The molecule has 0 aliphatic heterocycles. The molecule has 0 fully saturated rings. The zero-order chi connectivity index (χ0) is 18.1. The van der Waals surface area contributed by atoms with Gasteiger partial charge in [0.2, 0.25) is 0 Å². The van der Waals surface area contributed by atoms with Crippen LogP contribution in [0.2, 0.25) is 5.02 Å². The Morgan fingerprint density at radius 1 is 1.08 bits per heavy atom. The van der Waals surface area contributed by atoms with Crippen molar-refractivity contribution in [1.82, 2.24) is 14.5 Å². The molecule has 0 radical (unpaired) electrons. The van der Waals surface area contributed by atoms with E-state index < -0.39 is 0 Å². The molecule has 0 unspecified atom stereocenters. The maximum absolute atomic E-state index is 13.2. The van der Waals surface area contributed by atoms with Crippen LogP contribution in [-0.4, -0.2) is 21.6 Å². The summed E-state index contributed by atoms with van der Waals surface area (Å²) in [6.45, 7) is 0. The van der Waals surface area contributed by atoms with Gasteiger partial charge in [-0.3, -0.25) is 14.3 Å². The summed E-state index contributed by atoms with van der Waals surface area (Å²) in [6, 6.07) is 16.1. The first-order valence-corrected chi connectivity index (χ1v) is 8.32. The molecule has 0 atom stereocenters. The maximum Gasteiger partial charge on any atom is 0.266 e. The summed E-state index contributed by atoms with van der Waals surface area (Å²) < 4.78 is 6.76. The Hall–Kier alpha value is -3.18. The van der Waals surface area contributed by atoms with Gasteiger partial charge in [0, 0.05) is 16.8 Å². The molecule has 0 bridgehead atoms. The molecule has 2 aromatic carbocycles. The van der Waals surface area contributed by atoms with Gasteiger partial charge in [0.05, 0.1) is 29.9 Å². The largest absolute Gasteiger partial charge is 0.497 e. The van der Waals surface area contributed by atoms with E-state index in [9.17, 15) is 4.79 Å². The van der Waals surface area contributed by atoms with Gasteiger partial charge in [-0.15, -0.1) is 0 Å². The third kappa shape index (κ3) is 2.82. The highest BCUT2D eigenvalue weighted by Crippen LogP contribution is 2.25. The minimum Gasteiger partial charge on any atom is -0.497 e. The van der Waals surface area contributed by atoms with Gasteiger partial charge < -0.3 is 4.74 Å². The number of halogens is 1. The van der Waals surface area contributed by atoms with Crippen LogP contribution in [0.4, 0.5) is 0 Å². The van der Waals surface area contributed by atoms with Gasteiger partial charge >= 0.3 is 0 Å². The second kappa shape index (κ2) is 6.61. The van der Waals surface area contributed by atoms with Crippen molar-refractivity contribution < 1.29 is 4.74 Å². The number of fused-ring (bicyclic) bond motifs is 1. The van der Waals surface area contributed by atoms with Crippen molar-refractivity contribution in [3.05, 3.63) is 82.4 Å². The Kier molecular flexibility index (Phi) is 4.14. The first kappa shape index (κ1) is 16.3. The van der Waals surface area contributed by atoms with Crippen LogP contribution in [0.15, 0.2) is 71.8 Å². The van der Waals surface area contributed by atoms with Crippen LogP contribution in [0, 0.1) is 0 Å². The normalized spacial score (nSPS) is 10.8. The fraction of sp³-hybridized carbons (Fsp3) is 0.0500. The van der Waals surface area contributed by atoms with Crippen LogP contribution in [0.1, 0.15) is 0 Å². The predicted octanol–water partition coefficient (Wildman–Crippen LogP) is 4.11. The molecule has 26 heavy (non-hydrogen) atoms. The van der Waals surface area contributed by atoms with Gasteiger partial charge in [0.1, 0.15) is 11.6 Å². The standard InChI is InChI=1S/C20H14ClN3O2/c1-26-16-7-4-13(5-8-16)19-23-18-9-6-14(21)11-17(18)20(25)24(19)15-3-2-10-22-12-15/h2-12H,1H3. The van der Waals surface area contributed by atoms with Crippen LogP contribution >= 0.6 is 11.6 Å². The van der Waals surface area contributed by atoms with Gasteiger partial charge in [-0.05, 0) is 54.6 Å². The first-order chi connectivity index (χ1) is 12.7. The highest BCUT2D eigenvalue weighted by Gasteiger charge is 2.15. The molecule has 0 saturated heterocycles.